The smallest absolute Gasteiger partial charge is 0.324 e. The van der Waals surface area contributed by atoms with Crippen LogP contribution in [0.25, 0.3) is 0 Å². The molecular weight excluding hydrogens is 365 g/mol. The van der Waals surface area contributed by atoms with E-state index in [9.17, 15) is 9.18 Å². The zero-order valence-corrected chi connectivity index (χ0v) is 16.2. The van der Waals surface area contributed by atoms with Gasteiger partial charge in [0.2, 0.25) is 0 Å². The molecular formula is C24H24FN3O. The average molecular weight is 389 g/mol. The van der Waals surface area contributed by atoms with Gasteiger partial charge in [-0.05, 0) is 42.0 Å². The van der Waals surface area contributed by atoms with Crippen LogP contribution >= 0.6 is 0 Å². The predicted octanol–water partition coefficient (Wildman–Crippen LogP) is 4.77. The van der Waals surface area contributed by atoms with E-state index >= 15 is 0 Å². The minimum absolute atomic E-state index is 0.0128. The van der Waals surface area contributed by atoms with Crippen molar-refractivity contribution in [1.82, 2.24) is 4.90 Å². The summed E-state index contributed by atoms with van der Waals surface area (Å²) in [5.74, 6) is -0.234. The van der Waals surface area contributed by atoms with Gasteiger partial charge in [-0.15, -0.1) is 0 Å². The number of carbonyl (C=O) groups is 1. The molecule has 4 nitrogen and oxygen atoms in total. The summed E-state index contributed by atoms with van der Waals surface area (Å²) in [4.78, 5) is 19.3. The average Bonchev–Trinajstić information content (AvgIpc) is 2.79. The van der Waals surface area contributed by atoms with Crippen molar-refractivity contribution in [3.63, 3.8) is 0 Å². The fourth-order valence-electron chi connectivity index (χ4n) is 3.62. The van der Waals surface area contributed by atoms with Crippen molar-refractivity contribution >= 4 is 17.4 Å². The second-order valence-electron chi connectivity index (χ2n) is 7.14. The van der Waals surface area contributed by atoms with E-state index in [4.69, 9.17) is 0 Å². The number of nitrogens with zero attached hydrogens (tertiary/aromatic N) is 3. The highest BCUT2D eigenvalue weighted by atomic mass is 19.1. The monoisotopic (exact) mass is 389 g/mol. The van der Waals surface area contributed by atoms with Gasteiger partial charge in [0, 0.05) is 37.6 Å². The summed E-state index contributed by atoms with van der Waals surface area (Å²) < 4.78 is 13.2. The predicted molar refractivity (Wildman–Crippen MR) is 115 cm³/mol. The van der Waals surface area contributed by atoms with Crippen molar-refractivity contribution in [2.75, 3.05) is 36.0 Å². The third-order valence-electron chi connectivity index (χ3n) is 5.22. The van der Waals surface area contributed by atoms with E-state index in [2.05, 4.69) is 4.90 Å². The van der Waals surface area contributed by atoms with Crippen LogP contribution in [-0.2, 0) is 6.54 Å². The second-order valence-corrected chi connectivity index (χ2v) is 7.14. The zero-order chi connectivity index (χ0) is 20.1. The molecule has 1 saturated heterocycles. The molecule has 0 aliphatic carbocycles. The van der Waals surface area contributed by atoms with E-state index < -0.39 is 0 Å². The topological polar surface area (TPSA) is 26.8 Å². The SMILES string of the molecule is O=C(N1CCN(c2ccc(F)cc2)CC1)N(Cc1ccccc1)c1ccccc1. The fourth-order valence-corrected chi connectivity index (χ4v) is 3.62. The number of para-hydroxylation sites is 1. The number of piperazine rings is 1. The van der Waals surface area contributed by atoms with Gasteiger partial charge < -0.3 is 9.80 Å². The third kappa shape index (κ3) is 4.57. The van der Waals surface area contributed by atoms with Crippen LogP contribution in [0.4, 0.5) is 20.6 Å². The number of rotatable bonds is 4. The molecule has 3 aromatic carbocycles. The highest BCUT2D eigenvalue weighted by molar-refractivity contribution is 5.92. The number of halogens is 1. The lowest BCUT2D eigenvalue weighted by Crippen LogP contribution is -2.53. The van der Waals surface area contributed by atoms with E-state index in [0.29, 0.717) is 19.6 Å². The van der Waals surface area contributed by atoms with E-state index in [1.807, 2.05) is 70.5 Å². The van der Waals surface area contributed by atoms with Crippen LogP contribution in [0.15, 0.2) is 84.9 Å². The van der Waals surface area contributed by atoms with Crippen LogP contribution in [0, 0.1) is 5.82 Å². The van der Waals surface area contributed by atoms with Crippen LogP contribution < -0.4 is 9.80 Å². The molecule has 1 fully saturated rings. The Balaban J connectivity index is 1.47. The van der Waals surface area contributed by atoms with Gasteiger partial charge in [-0.2, -0.15) is 0 Å². The Labute approximate surface area is 170 Å². The Morgan fingerprint density at radius 3 is 2.00 bits per heavy atom. The molecule has 29 heavy (non-hydrogen) atoms. The van der Waals surface area contributed by atoms with Gasteiger partial charge in [0.25, 0.3) is 0 Å². The number of amides is 2. The zero-order valence-electron chi connectivity index (χ0n) is 16.2. The number of hydrogen-bond acceptors (Lipinski definition) is 2. The summed E-state index contributed by atoms with van der Waals surface area (Å²) >= 11 is 0. The molecule has 148 valence electrons. The van der Waals surface area contributed by atoms with E-state index in [1.54, 1.807) is 12.1 Å². The van der Waals surface area contributed by atoms with E-state index in [-0.39, 0.29) is 11.8 Å². The van der Waals surface area contributed by atoms with E-state index in [0.717, 1.165) is 30.0 Å². The lowest BCUT2D eigenvalue weighted by Gasteiger charge is -2.38. The summed E-state index contributed by atoms with van der Waals surface area (Å²) in [5, 5.41) is 0. The normalized spacial score (nSPS) is 14.0. The molecule has 4 rings (SSSR count). The van der Waals surface area contributed by atoms with Crippen LogP contribution in [0.3, 0.4) is 0 Å². The van der Waals surface area contributed by atoms with Crippen molar-refractivity contribution in [2.24, 2.45) is 0 Å². The standard InChI is InChI=1S/C24H24FN3O/c25-21-11-13-22(14-12-21)26-15-17-27(18-16-26)24(29)28(23-9-5-2-6-10-23)19-20-7-3-1-4-8-20/h1-14H,15-19H2. The first-order valence-electron chi connectivity index (χ1n) is 9.86. The number of urea groups is 1. The van der Waals surface area contributed by atoms with Gasteiger partial charge in [-0.25, -0.2) is 9.18 Å². The number of carbonyl (C=O) groups excluding carboxylic acids is 1. The Kier molecular flexibility index (Phi) is 5.75. The maximum atomic E-state index is 13.4. The summed E-state index contributed by atoms with van der Waals surface area (Å²) in [6, 6.07) is 26.4. The molecule has 1 aliphatic heterocycles. The van der Waals surface area contributed by atoms with Gasteiger partial charge >= 0.3 is 6.03 Å². The van der Waals surface area contributed by atoms with E-state index in [1.165, 1.54) is 12.1 Å². The second kappa shape index (κ2) is 8.78. The molecule has 5 heteroatoms. The third-order valence-corrected chi connectivity index (χ3v) is 5.22. The Morgan fingerprint density at radius 1 is 0.793 bits per heavy atom. The highest BCUT2D eigenvalue weighted by Gasteiger charge is 2.26. The van der Waals surface area contributed by atoms with Crippen molar-refractivity contribution in [3.05, 3.63) is 96.3 Å². The number of benzene rings is 3. The first kappa shape index (κ1) is 19.0. The highest BCUT2D eigenvalue weighted by Crippen LogP contribution is 2.21. The fraction of sp³-hybridized carbons (Fsp3) is 0.208. The van der Waals surface area contributed by atoms with Crippen LogP contribution in [0.5, 0.6) is 0 Å². The number of anilines is 2. The summed E-state index contributed by atoms with van der Waals surface area (Å²) in [5.41, 5.74) is 2.97. The van der Waals surface area contributed by atoms with Gasteiger partial charge in [0.05, 0.1) is 6.54 Å². The molecule has 0 spiro atoms. The molecule has 0 bridgehead atoms. The van der Waals surface area contributed by atoms with Crippen molar-refractivity contribution < 1.29 is 9.18 Å². The van der Waals surface area contributed by atoms with Gasteiger partial charge in [0.1, 0.15) is 5.82 Å². The number of hydrogen-bond donors (Lipinski definition) is 0. The van der Waals surface area contributed by atoms with Gasteiger partial charge in [-0.3, -0.25) is 4.90 Å². The van der Waals surface area contributed by atoms with Crippen LogP contribution in [0.2, 0.25) is 0 Å². The molecule has 0 aromatic heterocycles. The lowest BCUT2D eigenvalue weighted by molar-refractivity contribution is 0.200. The molecule has 0 unspecified atom stereocenters. The van der Waals surface area contributed by atoms with Gasteiger partial charge in [-0.1, -0.05) is 48.5 Å². The quantitative estimate of drug-likeness (QED) is 0.642. The first-order chi connectivity index (χ1) is 14.2. The van der Waals surface area contributed by atoms with Crippen molar-refractivity contribution in [1.29, 1.82) is 0 Å². The Morgan fingerprint density at radius 2 is 1.38 bits per heavy atom. The lowest BCUT2D eigenvalue weighted by atomic mass is 10.2. The molecule has 3 aromatic rings. The molecule has 0 saturated carbocycles. The Bertz CT molecular complexity index is 923. The maximum absolute atomic E-state index is 13.4. The first-order valence-corrected chi connectivity index (χ1v) is 9.86. The molecule has 2 amide bonds. The maximum Gasteiger partial charge on any atom is 0.324 e. The summed E-state index contributed by atoms with van der Waals surface area (Å²) in [6.45, 7) is 3.25. The van der Waals surface area contributed by atoms with Crippen LogP contribution in [0.1, 0.15) is 5.56 Å². The molecule has 1 aliphatic rings. The van der Waals surface area contributed by atoms with Crippen molar-refractivity contribution in [2.45, 2.75) is 6.54 Å². The van der Waals surface area contributed by atoms with Crippen molar-refractivity contribution in [3.8, 4) is 0 Å². The minimum atomic E-state index is -0.234. The molecule has 0 N–H and O–H groups in total. The largest absolute Gasteiger partial charge is 0.368 e. The summed E-state index contributed by atoms with van der Waals surface area (Å²) in [6.07, 6.45) is 0. The molecule has 0 radical (unpaired) electrons. The molecule has 1 heterocycles. The van der Waals surface area contributed by atoms with Crippen LogP contribution in [-0.4, -0.2) is 37.1 Å². The summed E-state index contributed by atoms with van der Waals surface area (Å²) in [7, 11) is 0. The Hall–Kier alpha value is -3.34. The minimum Gasteiger partial charge on any atom is -0.368 e. The van der Waals surface area contributed by atoms with Gasteiger partial charge in [0.15, 0.2) is 0 Å². The molecule has 0 atom stereocenters.